The van der Waals surface area contributed by atoms with E-state index in [1.807, 2.05) is 56.3 Å². The molecule has 1 amide bonds. The summed E-state index contributed by atoms with van der Waals surface area (Å²) in [5, 5.41) is 3.93. The zero-order chi connectivity index (χ0) is 15.0. The molecule has 2 aromatic carbocycles. The molecule has 3 rings (SSSR count). The van der Waals surface area contributed by atoms with Gasteiger partial charge in [0.25, 0.3) is 5.91 Å². The van der Waals surface area contributed by atoms with Crippen LogP contribution in [0.15, 0.2) is 42.5 Å². The van der Waals surface area contributed by atoms with Crippen LogP contribution in [0.4, 0.5) is 11.4 Å². The predicted molar refractivity (Wildman–Crippen MR) is 90.1 cm³/mol. The van der Waals surface area contributed by atoms with Crippen molar-refractivity contribution < 1.29 is 4.79 Å². The van der Waals surface area contributed by atoms with Gasteiger partial charge in [-0.05, 0) is 31.0 Å². The van der Waals surface area contributed by atoms with Crippen molar-refractivity contribution in [3.63, 3.8) is 0 Å². The largest absolute Gasteiger partial charge is 0.397 e. The third kappa shape index (κ3) is 2.38. The van der Waals surface area contributed by atoms with Crippen LogP contribution >= 0.6 is 11.3 Å². The molecule has 0 aliphatic rings. The Balaban J connectivity index is 2.00. The molecular weight excluding hydrogens is 280 g/mol. The zero-order valence-electron chi connectivity index (χ0n) is 11.9. The van der Waals surface area contributed by atoms with E-state index in [0.29, 0.717) is 10.6 Å². The first-order valence-electron chi connectivity index (χ1n) is 6.72. The lowest BCUT2D eigenvalue weighted by Crippen LogP contribution is -2.13. The highest BCUT2D eigenvalue weighted by Crippen LogP contribution is 2.34. The first kappa shape index (κ1) is 13.6. The SMILES string of the molecule is Cc1cccc(C)c1NC(=O)c1sc2ccccc2c1N. The first-order chi connectivity index (χ1) is 10.1. The fourth-order valence-electron chi connectivity index (χ4n) is 2.42. The lowest BCUT2D eigenvalue weighted by molar-refractivity contribution is 0.103. The van der Waals surface area contributed by atoms with E-state index in [0.717, 1.165) is 26.9 Å². The van der Waals surface area contributed by atoms with Crippen LogP contribution in [-0.2, 0) is 0 Å². The van der Waals surface area contributed by atoms with Crippen molar-refractivity contribution in [3.05, 3.63) is 58.5 Å². The van der Waals surface area contributed by atoms with Gasteiger partial charge in [0.1, 0.15) is 4.88 Å². The number of nitrogen functional groups attached to an aromatic ring is 1. The number of fused-ring (bicyclic) bond motifs is 1. The monoisotopic (exact) mass is 296 g/mol. The summed E-state index contributed by atoms with van der Waals surface area (Å²) in [7, 11) is 0. The van der Waals surface area contributed by atoms with Crippen molar-refractivity contribution in [1.82, 2.24) is 0 Å². The molecule has 0 unspecified atom stereocenters. The number of hydrogen-bond donors (Lipinski definition) is 2. The van der Waals surface area contributed by atoms with Crippen LogP contribution in [0.5, 0.6) is 0 Å². The summed E-state index contributed by atoms with van der Waals surface area (Å²) >= 11 is 1.43. The van der Waals surface area contributed by atoms with Crippen LogP contribution < -0.4 is 11.1 Å². The lowest BCUT2D eigenvalue weighted by Gasteiger charge is -2.10. The Morgan fingerprint density at radius 1 is 1.05 bits per heavy atom. The van der Waals surface area contributed by atoms with Crippen molar-refractivity contribution in [1.29, 1.82) is 0 Å². The highest BCUT2D eigenvalue weighted by molar-refractivity contribution is 7.21. The van der Waals surface area contributed by atoms with Gasteiger partial charge in [-0.15, -0.1) is 11.3 Å². The maximum Gasteiger partial charge on any atom is 0.267 e. The second-order valence-corrected chi connectivity index (χ2v) is 6.11. The van der Waals surface area contributed by atoms with Gasteiger partial charge in [-0.1, -0.05) is 36.4 Å². The molecule has 0 spiro atoms. The van der Waals surface area contributed by atoms with Gasteiger partial charge in [0.15, 0.2) is 0 Å². The zero-order valence-corrected chi connectivity index (χ0v) is 12.8. The predicted octanol–water partition coefficient (Wildman–Crippen LogP) is 4.35. The van der Waals surface area contributed by atoms with Crippen LogP contribution in [0.25, 0.3) is 10.1 Å². The minimum Gasteiger partial charge on any atom is -0.397 e. The molecule has 0 fully saturated rings. The van der Waals surface area contributed by atoms with Gasteiger partial charge in [-0.2, -0.15) is 0 Å². The van der Waals surface area contributed by atoms with E-state index in [1.54, 1.807) is 0 Å². The van der Waals surface area contributed by atoms with Crippen LogP contribution in [0, 0.1) is 13.8 Å². The number of thiophene rings is 1. The van der Waals surface area contributed by atoms with Gasteiger partial charge in [-0.3, -0.25) is 4.79 Å². The van der Waals surface area contributed by atoms with Gasteiger partial charge in [-0.25, -0.2) is 0 Å². The number of rotatable bonds is 2. The molecule has 4 heteroatoms. The Morgan fingerprint density at radius 2 is 1.71 bits per heavy atom. The van der Waals surface area contributed by atoms with Crippen LogP contribution in [-0.4, -0.2) is 5.91 Å². The van der Waals surface area contributed by atoms with Crippen molar-refractivity contribution in [2.45, 2.75) is 13.8 Å². The van der Waals surface area contributed by atoms with Gasteiger partial charge in [0.05, 0.1) is 5.69 Å². The Labute approximate surface area is 127 Å². The second kappa shape index (κ2) is 5.22. The average Bonchev–Trinajstić information content (AvgIpc) is 2.81. The molecule has 1 aromatic heterocycles. The Hall–Kier alpha value is -2.33. The number of benzene rings is 2. The summed E-state index contributed by atoms with van der Waals surface area (Å²) in [6, 6.07) is 13.7. The maximum absolute atomic E-state index is 12.5. The van der Waals surface area contributed by atoms with E-state index >= 15 is 0 Å². The molecule has 0 radical (unpaired) electrons. The van der Waals surface area contributed by atoms with Crippen LogP contribution in [0.2, 0.25) is 0 Å². The molecule has 3 aromatic rings. The highest BCUT2D eigenvalue weighted by atomic mass is 32.1. The molecule has 0 saturated carbocycles. The van der Waals surface area contributed by atoms with Crippen molar-refractivity contribution in [2.24, 2.45) is 0 Å². The number of nitrogens with two attached hydrogens (primary N) is 1. The molecule has 0 bridgehead atoms. The standard InChI is InChI=1S/C17H16N2OS/c1-10-6-5-7-11(2)15(10)19-17(20)16-14(18)12-8-3-4-9-13(12)21-16/h3-9H,18H2,1-2H3,(H,19,20). The molecule has 106 valence electrons. The minimum atomic E-state index is -0.147. The van der Waals surface area contributed by atoms with Gasteiger partial charge in [0.2, 0.25) is 0 Å². The van der Waals surface area contributed by atoms with E-state index in [1.165, 1.54) is 11.3 Å². The normalized spacial score (nSPS) is 10.8. The summed E-state index contributed by atoms with van der Waals surface area (Å²) in [6.45, 7) is 3.97. The summed E-state index contributed by atoms with van der Waals surface area (Å²) in [4.78, 5) is 13.1. The average molecular weight is 296 g/mol. The van der Waals surface area contributed by atoms with E-state index in [2.05, 4.69) is 5.32 Å². The molecule has 0 atom stereocenters. The summed E-state index contributed by atoms with van der Waals surface area (Å²) in [6.07, 6.45) is 0. The fourth-order valence-corrected chi connectivity index (χ4v) is 3.43. The molecule has 3 N–H and O–H groups in total. The molecule has 0 aliphatic heterocycles. The molecule has 1 heterocycles. The fraction of sp³-hybridized carbons (Fsp3) is 0.118. The number of carbonyl (C=O) groups excluding carboxylic acids is 1. The number of amides is 1. The molecule has 0 saturated heterocycles. The Bertz CT molecular complexity index is 816. The molecule has 0 aliphatic carbocycles. The smallest absolute Gasteiger partial charge is 0.267 e. The molecule has 3 nitrogen and oxygen atoms in total. The van der Waals surface area contributed by atoms with Crippen molar-refractivity contribution in [3.8, 4) is 0 Å². The highest BCUT2D eigenvalue weighted by Gasteiger charge is 2.17. The van der Waals surface area contributed by atoms with E-state index in [-0.39, 0.29) is 5.91 Å². The summed E-state index contributed by atoms with van der Waals surface area (Å²) in [5.74, 6) is -0.147. The van der Waals surface area contributed by atoms with E-state index in [9.17, 15) is 4.79 Å². The third-order valence-electron chi connectivity index (χ3n) is 3.56. The Morgan fingerprint density at radius 3 is 2.38 bits per heavy atom. The quantitative estimate of drug-likeness (QED) is 0.738. The van der Waals surface area contributed by atoms with Crippen molar-refractivity contribution >= 4 is 38.7 Å². The van der Waals surface area contributed by atoms with Gasteiger partial charge < -0.3 is 11.1 Å². The van der Waals surface area contributed by atoms with Gasteiger partial charge in [0, 0.05) is 15.8 Å². The molecule has 21 heavy (non-hydrogen) atoms. The number of anilines is 2. The number of nitrogens with one attached hydrogen (secondary N) is 1. The van der Waals surface area contributed by atoms with Crippen LogP contribution in [0.3, 0.4) is 0 Å². The first-order valence-corrected chi connectivity index (χ1v) is 7.54. The van der Waals surface area contributed by atoms with Gasteiger partial charge >= 0.3 is 0 Å². The van der Waals surface area contributed by atoms with E-state index < -0.39 is 0 Å². The van der Waals surface area contributed by atoms with Crippen molar-refractivity contribution in [2.75, 3.05) is 11.1 Å². The second-order valence-electron chi connectivity index (χ2n) is 5.06. The summed E-state index contributed by atoms with van der Waals surface area (Å²) < 4.78 is 1.03. The number of aryl methyl sites for hydroxylation is 2. The number of para-hydroxylation sites is 1. The Kier molecular flexibility index (Phi) is 3.39. The topological polar surface area (TPSA) is 55.1 Å². The molecular formula is C17H16N2OS. The maximum atomic E-state index is 12.5. The third-order valence-corrected chi connectivity index (χ3v) is 4.75. The lowest BCUT2D eigenvalue weighted by atomic mass is 10.1. The number of hydrogen-bond acceptors (Lipinski definition) is 3. The minimum absolute atomic E-state index is 0.147. The van der Waals surface area contributed by atoms with E-state index in [4.69, 9.17) is 5.73 Å². The van der Waals surface area contributed by atoms with Crippen LogP contribution in [0.1, 0.15) is 20.8 Å². The number of carbonyl (C=O) groups is 1. The summed E-state index contributed by atoms with van der Waals surface area (Å²) in [5.41, 5.74) is 9.62.